The molecule has 4 nitrogen and oxygen atoms in total. The van der Waals surface area contributed by atoms with Crippen molar-refractivity contribution in [2.75, 3.05) is 0 Å². The second-order valence-corrected chi connectivity index (χ2v) is 6.37. The van der Waals surface area contributed by atoms with Crippen molar-refractivity contribution >= 4 is 5.97 Å². The third kappa shape index (κ3) is 8.20. The fourth-order valence-electron chi connectivity index (χ4n) is 3.02. The fourth-order valence-corrected chi connectivity index (χ4v) is 3.02. The zero-order valence-corrected chi connectivity index (χ0v) is 14.1. The Kier molecular flexibility index (Phi) is 9.66. The van der Waals surface area contributed by atoms with Crippen molar-refractivity contribution in [2.24, 2.45) is 11.8 Å². The molecule has 130 valence electrons. The average molecular weight is 322 g/mol. The maximum atomic E-state index is 10.4. The number of carboxylic acids is 1. The van der Waals surface area contributed by atoms with Gasteiger partial charge in [0.05, 0.1) is 18.6 Å². The molecule has 0 spiro atoms. The van der Waals surface area contributed by atoms with Crippen LogP contribution in [0.1, 0.15) is 64.7 Å². The summed E-state index contributed by atoms with van der Waals surface area (Å²) in [4.78, 5) is 10.4. The molecule has 0 saturated heterocycles. The van der Waals surface area contributed by atoms with Crippen LogP contribution in [0.2, 0.25) is 0 Å². The number of aliphatic hydroxyl groups excluding tert-OH is 2. The summed E-state index contributed by atoms with van der Waals surface area (Å²) in [5.74, 6) is 5.38. The minimum absolute atomic E-state index is 0.0630. The van der Waals surface area contributed by atoms with Crippen LogP contribution >= 0.6 is 0 Å². The highest BCUT2D eigenvalue weighted by Gasteiger charge is 2.32. The van der Waals surface area contributed by atoms with Gasteiger partial charge in [-0.3, -0.25) is 4.79 Å². The quantitative estimate of drug-likeness (QED) is 0.346. The molecule has 4 heteroatoms. The number of aliphatic hydroxyl groups is 2. The Morgan fingerprint density at radius 2 is 2.09 bits per heavy atom. The molecule has 3 N–H and O–H groups in total. The van der Waals surface area contributed by atoms with Crippen molar-refractivity contribution in [3.05, 3.63) is 12.2 Å². The largest absolute Gasteiger partial charge is 0.481 e. The van der Waals surface area contributed by atoms with Gasteiger partial charge in [-0.25, -0.2) is 0 Å². The first-order chi connectivity index (χ1) is 11.0. The van der Waals surface area contributed by atoms with Crippen molar-refractivity contribution in [3.63, 3.8) is 0 Å². The standard InChI is InChI=1S/C19H30O4/c1-2-3-5-8-16(20)13-11-15-12-14-18(21)17(15)9-6-4-7-10-19(22)23/h11,13,15-18,20-21H,2-3,5,7-10,12,14H2,1H3,(H,22,23)/b13-11+. The van der Waals surface area contributed by atoms with E-state index < -0.39 is 12.1 Å². The lowest BCUT2D eigenvalue weighted by Gasteiger charge is -2.17. The Hall–Kier alpha value is -1.31. The van der Waals surface area contributed by atoms with Gasteiger partial charge in [-0.2, -0.15) is 0 Å². The molecule has 1 aliphatic rings. The van der Waals surface area contributed by atoms with Crippen LogP contribution in [0.5, 0.6) is 0 Å². The van der Waals surface area contributed by atoms with Gasteiger partial charge in [0.15, 0.2) is 0 Å². The summed E-state index contributed by atoms with van der Waals surface area (Å²) >= 11 is 0. The van der Waals surface area contributed by atoms with E-state index in [1.807, 2.05) is 12.2 Å². The van der Waals surface area contributed by atoms with E-state index in [9.17, 15) is 15.0 Å². The summed E-state index contributed by atoms with van der Waals surface area (Å²) < 4.78 is 0. The first-order valence-electron chi connectivity index (χ1n) is 8.76. The molecule has 4 atom stereocenters. The van der Waals surface area contributed by atoms with Crippen molar-refractivity contribution in [2.45, 2.75) is 76.9 Å². The summed E-state index contributed by atoms with van der Waals surface area (Å²) in [5.41, 5.74) is 0. The second kappa shape index (κ2) is 11.3. The predicted octanol–water partition coefficient (Wildman–Crippen LogP) is 3.13. The molecule has 23 heavy (non-hydrogen) atoms. The number of carboxylic acid groups (broad SMARTS) is 1. The highest BCUT2D eigenvalue weighted by atomic mass is 16.4. The average Bonchev–Trinajstić information content (AvgIpc) is 2.85. The Balaban J connectivity index is 2.42. The van der Waals surface area contributed by atoms with Crippen molar-refractivity contribution < 1.29 is 20.1 Å². The fraction of sp³-hybridized carbons (Fsp3) is 0.737. The zero-order chi connectivity index (χ0) is 17.1. The van der Waals surface area contributed by atoms with Crippen molar-refractivity contribution in [1.29, 1.82) is 0 Å². The molecule has 0 radical (unpaired) electrons. The van der Waals surface area contributed by atoms with Gasteiger partial charge >= 0.3 is 5.97 Å². The summed E-state index contributed by atoms with van der Waals surface area (Å²) in [5, 5.41) is 28.6. The van der Waals surface area contributed by atoms with E-state index >= 15 is 0 Å². The minimum atomic E-state index is -0.835. The Bertz CT molecular complexity index is 432. The number of hydrogen-bond donors (Lipinski definition) is 3. The number of aliphatic carboxylic acids is 1. The maximum absolute atomic E-state index is 10.4. The monoisotopic (exact) mass is 322 g/mol. The zero-order valence-electron chi connectivity index (χ0n) is 14.1. The summed E-state index contributed by atoms with van der Waals surface area (Å²) in [6, 6.07) is 0. The molecule has 4 unspecified atom stereocenters. The molecule has 1 aliphatic carbocycles. The van der Waals surface area contributed by atoms with Crippen LogP contribution in [0.3, 0.4) is 0 Å². The van der Waals surface area contributed by atoms with Gasteiger partial charge in [0.25, 0.3) is 0 Å². The molecular weight excluding hydrogens is 292 g/mol. The Morgan fingerprint density at radius 1 is 1.30 bits per heavy atom. The van der Waals surface area contributed by atoms with Gasteiger partial charge in [-0.15, -0.1) is 11.8 Å². The van der Waals surface area contributed by atoms with Crippen LogP contribution in [0, 0.1) is 23.7 Å². The summed E-state index contributed by atoms with van der Waals surface area (Å²) in [6.45, 7) is 2.14. The number of carbonyl (C=O) groups is 1. The molecule has 0 amide bonds. The van der Waals surface area contributed by atoms with E-state index in [-0.39, 0.29) is 24.4 Å². The van der Waals surface area contributed by atoms with E-state index in [4.69, 9.17) is 5.11 Å². The Morgan fingerprint density at radius 3 is 2.78 bits per heavy atom. The first kappa shape index (κ1) is 19.7. The molecule has 0 heterocycles. The van der Waals surface area contributed by atoms with Crippen LogP contribution in [0.25, 0.3) is 0 Å². The van der Waals surface area contributed by atoms with E-state index in [0.29, 0.717) is 12.8 Å². The SMILES string of the molecule is CCCCCC(O)/C=C/C1CCC(O)C1CC#CCCC(=O)O. The highest BCUT2D eigenvalue weighted by molar-refractivity contribution is 5.66. The Labute approximate surface area is 139 Å². The molecule has 0 aromatic heterocycles. The van der Waals surface area contributed by atoms with E-state index in [1.54, 1.807) is 0 Å². The van der Waals surface area contributed by atoms with Crippen LogP contribution in [-0.2, 0) is 4.79 Å². The lowest BCUT2D eigenvalue weighted by atomic mass is 9.91. The normalized spacial score (nSPS) is 25.3. The second-order valence-electron chi connectivity index (χ2n) is 6.37. The summed E-state index contributed by atoms with van der Waals surface area (Å²) in [7, 11) is 0. The third-order valence-electron chi connectivity index (χ3n) is 4.45. The van der Waals surface area contributed by atoms with Gasteiger partial charge in [0.1, 0.15) is 0 Å². The molecule has 0 aromatic rings. The lowest BCUT2D eigenvalue weighted by molar-refractivity contribution is -0.136. The van der Waals surface area contributed by atoms with E-state index in [2.05, 4.69) is 18.8 Å². The first-order valence-corrected chi connectivity index (χ1v) is 8.76. The van der Waals surface area contributed by atoms with Gasteiger partial charge < -0.3 is 15.3 Å². The van der Waals surface area contributed by atoms with E-state index in [1.165, 1.54) is 0 Å². The molecule has 1 rings (SSSR count). The molecule has 1 saturated carbocycles. The maximum Gasteiger partial charge on any atom is 0.304 e. The van der Waals surface area contributed by atoms with Crippen molar-refractivity contribution in [1.82, 2.24) is 0 Å². The van der Waals surface area contributed by atoms with Gasteiger partial charge in [-0.1, -0.05) is 38.3 Å². The number of rotatable bonds is 9. The highest BCUT2D eigenvalue weighted by Crippen LogP contribution is 2.35. The van der Waals surface area contributed by atoms with Crippen LogP contribution in [0.15, 0.2) is 12.2 Å². The summed E-state index contributed by atoms with van der Waals surface area (Å²) in [6.07, 6.45) is 9.95. The topological polar surface area (TPSA) is 77.8 Å². The molecular formula is C19H30O4. The molecule has 0 bridgehead atoms. The molecule has 0 aromatic carbocycles. The minimum Gasteiger partial charge on any atom is -0.481 e. The third-order valence-corrected chi connectivity index (χ3v) is 4.45. The van der Waals surface area contributed by atoms with Gasteiger partial charge in [0.2, 0.25) is 0 Å². The smallest absolute Gasteiger partial charge is 0.304 e. The van der Waals surface area contributed by atoms with E-state index in [0.717, 1.165) is 38.5 Å². The molecule has 0 aliphatic heterocycles. The number of allylic oxidation sites excluding steroid dienone is 1. The van der Waals surface area contributed by atoms with Crippen LogP contribution in [0.4, 0.5) is 0 Å². The van der Waals surface area contributed by atoms with Crippen LogP contribution < -0.4 is 0 Å². The van der Waals surface area contributed by atoms with Crippen molar-refractivity contribution in [3.8, 4) is 11.8 Å². The number of hydrogen-bond acceptors (Lipinski definition) is 3. The lowest BCUT2D eigenvalue weighted by Crippen LogP contribution is -2.18. The predicted molar refractivity (Wildman–Crippen MR) is 90.8 cm³/mol. The van der Waals surface area contributed by atoms with Gasteiger partial charge in [-0.05, 0) is 25.2 Å². The number of unbranched alkanes of at least 4 members (excludes halogenated alkanes) is 2. The van der Waals surface area contributed by atoms with Crippen LogP contribution in [-0.4, -0.2) is 33.5 Å². The molecule has 1 fully saturated rings. The van der Waals surface area contributed by atoms with Gasteiger partial charge in [0, 0.05) is 18.8 Å².